The minimum absolute atomic E-state index is 0.258. The largest absolute Gasteiger partial charge is 0.359 e. The molecule has 1 unspecified atom stereocenters. The maximum absolute atomic E-state index is 5.93. The minimum Gasteiger partial charge on any atom is -0.359 e. The number of aryl methyl sites for hydroxylation is 1. The van der Waals surface area contributed by atoms with Crippen molar-refractivity contribution in [2.24, 2.45) is 0 Å². The molecule has 0 amide bonds. The van der Waals surface area contributed by atoms with Gasteiger partial charge < -0.3 is 4.74 Å². The van der Waals surface area contributed by atoms with Crippen molar-refractivity contribution < 1.29 is 4.74 Å². The molecule has 0 N–H and O–H groups in total. The van der Waals surface area contributed by atoms with Crippen LogP contribution in [0.3, 0.4) is 0 Å². The lowest BCUT2D eigenvalue weighted by Crippen LogP contribution is -2.10. The van der Waals surface area contributed by atoms with E-state index in [-0.39, 0.29) is 5.60 Å². The second-order valence-electron chi connectivity index (χ2n) is 7.23. The standard InChI is InChI=1S/C26H22O/c1-2-19-12-13-20-8-6-7-11-24(20)25(19)21-14-16-23(17-15-21)26(18-27-26)22-9-4-3-5-10-22/h3-17H,2,18H2,1H3. The summed E-state index contributed by atoms with van der Waals surface area (Å²) in [4.78, 5) is 0. The molecule has 4 aromatic carbocycles. The van der Waals surface area contributed by atoms with Crippen molar-refractivity contribution in [3.63, 3.8) is 0 Å². The predicted molar refractivity (Wildman–Crippen MR) is 112 cm³/mol. The molecule has 27 heavy (non-hydrogen) atoms. The first kappa shape index (κ1) is 16.3. The summed E-state index contributed by atoms with van der Waals surface area (Å²) in [5.74, 6) is 0. The summed E-state index contributed by atoms with van der Waals surface area (Å²) >= 11 is 0. The fourth-order valence-corrected chi connectivity index (χ4v) is 4.14. The summed E-state index contributed by atoms with van der Waals surface area (Å²) in [6.45, 7) is 2.98. The van der Waals surface area contributed by atoms with Crippen molar-refractivity contribution in [2.45, 2.75) is 18.9 Å². The van der Waals surface area contributed by atoms with Crippen LogP contribution in [0.5, 0.6) is 0 Å². The second-order valence-corrected chi connectivity index (χ2v) is 7.23. The molecular weight excluding hydrogens is 328 g/mol. The zero-order valence-electron chi connectivity index (χ0n) is 15.5. The van der Waals surface area contributed by atoms with Crippen LogP contribution < -0.4 is 0 Å². The summed E-state index contributed by atoms with van der Waals surface area (Å²) in [5.41, 5.74) is 6.23. The van der Waals surface area contributed by atoms with Crippen LogP contribution in [0.25, 0.3) is 21.9 Å². The van der Waals surface area contributed by atoms with Gasteiger partial charge in [0.2, 0.25) is 0 Å². The van der Waals surface area contributed by atoms with Gasteiger partial charge in [-0.15, -0.1) is 0 Å². The van der Waals surface area contributed by atoms with E-state index in [0.717, 1.165) is 13.0 Å². The van der Waals surface area contributed by atoms with Crippen LogP contribution in [0.1, 0.15) is 23.6 Å². The smallest absolute Gasteiger partial charge is 0.142 e. The van der Waals surface area contributed by atoms with Crippen LogP contribution in [0.4, 0.5) is 0 Å². The Labute approximate surface area is 160 Å². The lowest BCUT2D eigenvalue weighted by molar-refractivity contribution is 0.349. The third kappa shape index (κ3) is 2.67. The zero-order valence-corrected chi connectivity index (χ0v) is 15.5. The van der Waals surface area contributed by atoms with Gasteiger partial charge in [-0.2, -0.15) is 0 Å². The SMILES string of the molecule is CCc1ccc2ccccc2c1-c1ccc(C2(c3ccccc3)CO2)cc1. The molecule has 0 saturated carbocycles. The Bertz CT molecular complexity index is 1090. The monoisotopic (exact) mass is 350 g/mol. The molecular formula is C26H22O. The fraction of sp³-hybridized carbons (Fsp3) is 0.154. The predicted octanol–water partition coefficient (Wildman–Crippen LogP) is 6.34. The van der Waals surface area contributed by atoms with Gasteiger partial charge in [-0.05, 0) is 45.0 Å². The molecule has 0 aromatic heterocycles. The Morgan fingerprint density at radius 2 is 1.41 bits per heavy atom. The summed E-state index contributed by atoms with van der Waals surface area (Å²) in [6, 6.07) is 32.6. The van der Waals surface area contributed by atoms with Crippen molar-refractivity contribution in [2.75, 3.05) is 6.61 Å². The van der Waals surface area contributed by atoms with Crippen LogP contribution >= 0.6 is 0 Å². The zero-order chi connectivity index (χ0) is 18.3. The highest BCUT2D eigenvalue weighted by atomic mass is 16.6. The van der Waals surface area contributed by atoms with Gasteiger partial charge >= 0.3 is 0 Å². The van der Waals surface area contributed by atoms with E-state index in [0.29, 0.717) is 0 Å². The van der Waals surface area contributed by atoms with Crippen molar-refractivity contribution in [1.82, 2.24) is 0 Å². The Balaban J connectivity index is 1.60. The van der Waals surface area contributed by atoms with E-state index in [4.69, 9.17) is 4.74 Å². The number of hydrogen-bond acceptors (Lipinski definition) is 1. The van der Waals surface area contributed by atoms with Crippen molar-refractivity contribution >= 4 is 10.8 Å². The maximum atomic E-state index is 5.93. The van der Waals surface area contributed by atoms with Gasteiger partial charge in [-0.3, -0.25) is 0 Å². The summed E-state index contributed by atoms with van der Waals surface area (Å²) in [5, 5.41) is 2.62. The number of ether oxygens (including phenoxy) is 1. The fourth-order valence-electron chi connectivity index (χ4n) is 4.14. The van der Waals surface area contributed by atoms with Gasteiger partial charge in [-0.25, -0.2) is 0 Å². The average molecular weight is 350 g/mol. The number of fused-ring (bicyclic) bond motifs is 1. The molecule has 1 atom stereocenters. The molecule has 1 nitrogen and oxygen atoms in total. The van der Waals surface area contributed by atoms with E-state index < -0.39 is 0 Å². The first-order valence-corrected chi connectivity index (χ1v) is 9.63. The molecule has 1 aliphatic rings. The van der Waals surface area contributed by atoms with E-state index in [1.807, 2.05) is 0 Å². The average Bonchev–Trinajstić information content (AvgIpc) is 3.56. The van der Waals surface area contributed by atoms with Crippen LogP contribution in [-0.4, -0.2) is 6.61 Å². The van der Waals surface area contributed by atoms with Crippen LogP contribution in [0, 0.1) is 0 Å². The molecule has 0 spiro atoms. The first-order valence-electron chi connectivity index (χ1n) is 9.63. The third-order valence-electron chi connectivity index (χ3n) is 5.71. The van der Waals surface area contributed by atoms with Gasteiger partial charge in [-0.1, -0.05) is 97.9 Å². The molecule has 1 aliphatic heterocycles. The van der Waals surface area contributed by atoms with Crippen LogP contribution in [0.15, 0.2) is 91.0 Å². The molecule has 1 heterocycles. The third-order valence-corrected chi connectivity index (χ3v) is 5.71. The number of benzene rings is 4. The van der Waals surface area contributed by atoms with Crippen molar-refractivity contribution in [3.8, 4) is 11.1 Å². The summed E-state index contributed by atoms with van der Waals surface area (Å²) < 4.78 is 5.93. The normalized spacial score (nSPS) is 18.6. The Morgan fingerprint density at radius 1 is 0.741 bits per heavy atom. The molecule has 4 aromatic rings. The van der Waals surface area contributed by atoms with E-state index in [9.17, 15) is 0 Å². The van der Waals surface area contributed by atoms with Gasteiger partial charge in [0.05, 0.1) is 6.61 Å². The van der Waals surface area contributed by atoms with Crippen LogP contribution in [0.2, 0.25) is 0 Å². The van der Waals surface area contributed by atoms with E-state index in [1.165, 1.54) is 38.6 Å². The van der Waals surface area contributed by atoms with E-state index in [1.54, 1.807) is 0 Å². The Hall–Kier alpha value is -2.90. The topological polar surface area (TPSA) is 12.5 Å². The minimum atomic E-state index is -0.258. The molecule has 1 fully saturated rings. The van der Waals surface area contributed by atoms with Gasteiger partial charge in [0, 0.05) is 0 Å². The molecule has 0 radical (unpaired) electrons. The molecule has 5 rings (SSSR count). The Morgan fingerprint density at radius 3 is 2.11 bits per heavy atom. The number of rotatable bonds is 4. The summed E-state index contributed by atoms with van der Waals surface area (Å²) in [6.07, 6.45) is 1.03. The lowest BCUT2D eigenvalue weighted by Gasteiger charge is -2.16. The van der Waals surface area contributed by atoms with E-state index >= 15 is 0 Å². The highest BCUT2D eigenvalue weighted by molar-refractivity contribution is 5.98. The molecule has 1 saturated heterocycles. The first-order chi connectivity index (χ1) is 13.3. The van der Waals surface area contributed by atoms with Crippen LogP contribution in [-0.2, 0) is 16.8 Å². The summed E-state index contributed by atoms with van der Waals surface area (Å²) in [7, 11) is 0. The quantitative estimate of drug-likeness (QED) is 0.391. The van der Waals surface area contributed by atoms with Crippen molar-refractivity contribution in [3.05, 3.63) is 108 Å². The van der Waals surface area contributed by atoms with Crippen molar-refractivity contribution in [1.29, 1.82) is 0 Å². The van der Waals surface area contributed by atoms with Gasteiger partial charge in [0.25, 0.3) is 0 Å². The molecule has 0 bridgehead atoms. The molecule has 132 valence electrons. The number of hydrogen-bond donors (Lipinski definition) is 0. The highest BCUT2D eigenvalue weighted by Crippen LogP contribution is 2.45. The van der Waals surface area contributed by atoms with E-state index in [2.05, 4.69) is 97.9 Å². The Kier molecular flexibility index (Phi) is 3.84. The molecule has 1 heteroatoms. The maximum Gasteiger partial charge on any atom is 0.142 e. The lowest BCUT2D eigenvalue weighted by atomic mass is 9.88. The van der Waals surface area contributed by atoms with Gasteiger partial charge in [0.1, 0.15) is 5.60 Å². The van der Waals surface area contributed by atoms with Gasteiger partial charge in [0.15, 0.2) is 0 Å². The molecule has 0 aliphatic carbocycles. The second kappa shape index (κ2) is 6.37. The number of epoxide rings is 1. The highest BCUT2D eigenvalue weighted by Gasteiger charge is 2.47.